The van der Waals surface area contributed by atoms with Gasteiger partial charge in [0, 0.05) is 23.5 Å². The van der Waals surface area contributed by atoms with E-state index in [1.54, 1.807) is 0 Å². The van der Waals surface area contributed by atoms with Crippen molar-refractivity contribution in [3.8, 4) is 11.1 Å². The van der Waals surface area contributed by atoms with Crippen LogP contribution in [0.3, 0.4) is 0 Å². The highest BCUT2D eigenvalue weighted by molar-refractivity contribution is 7.10. The molecular weight excluding hydrogens is 264 g/mol. The molecule has 3 rings (SSSR count). The molecule has 0 saturated heterocycles. The Kier molecular flexibility index (Phi) is 4.51. The highest BCUT2D eigenvalue weighted by atomic mass is 32.1. The van der Waals surface area contributed by atoms with E-state index in [1.807, 2.05) is 11.3 Å². The van der Waals surface area contributed by atoms with E-state index in [0.29, 0.717) is 12.1 Å². The molecule has 0 unspecified atom stereocenters. The number of hydrogen-bond acceptors (Lipinski definition) is 3. The Labute approximate surface area is 125 Å². The highest BCUT2D eigenvalue weighted by Crippen LogP contribution is 2.26. The van der Waals surface area contributed by atoms with E-state index < -0.39 is 0 Å². The number of benzene rings is 1. The van der Waals surface area contributed by atoms with Crippen LogP contribution < -0.4 is 11.1 Å². The maximum absolute atomic E-state index is 5.95. The van der Waals surface area contributed by atoms with Gasteiger partial charge in [0.15, 0.2) is 0 Å². The maximum atomic E-state index is 5.95. The Hall–Kier alpha value is -1.16. The van der Waals surface area contributed by atoms with Crippen LogP contribution in [-0.4, -0.2) is 12.1 Å². The minimum Gasteiger partial charge on any atom is -0.328 e. The molecule has 2 aromatic rings. The van der Waals surface area contributed by atoms with Gasteiger partial charge in [-0.05, 0) is 48.3 Å². The third-order valence-electron chi connectivity index (χ3n) is 4.10. The van der Waals surface area contributed by atoms with Crippen LogP contribution in [0, 0.1) is 0 Å². The minimum atomic E-state index is 0.430. The van der Waals surface area contributed by atoms with Crippen molar-refractivity contribution in [2.75, 3.05) is 0 Å². The fourth-order valence-corrected chi connectivity index (χ4v) is 3.67. The summed E-state index contributed by atoms with van der Waals surface area (Å²) in [6, 6.07) is 14.0. The van der Waals surface area contributed by atoms with Gasteiger partial charge in [-0.3, -0.25) is 0 Å². The zero-order valence-corrected chi connectivity index (χ0v) is 12.5. The smallest absolute Gasteiger partial charge is 0.0302 e. The molecule has 20 heavy (non-hydrogen) atoms. The van der Waals surface area contributed by atoms with Gasteiger partial charge in [-0.2, -0.15) is 0 Å². The van der Waals surface area contributed by atoms with Gasteiger partial charge in [0.25, 0.3) is 0 Å². The standard InChI is InChI=1S/C17H22N2S/c18-15-6-8-16(9-7-15)19-11-17-10-14(12-20-17)13-4-2-1-3-5-13/h1-5,10,12,15-16,19H,6-9,11,18H2. The number of rotatable bonds is 4. The summed E-state index contributed by atoms with van der Waals surface area (Å²) in [5.74, 6) is 0. The highest BCUT2D eigenvalue weighted by Gasteiger charge is 2.17. The van der Waals surface area contributed by atoms with E-state index in [0.717, 1.165) is 19.4 Å². The van der Waals surface area contributed by atoms with E-state index in [4.69, 9.17) is 5.73 Å². The summed E-state index contributed by atoms with van der Waals surface area (Å²) < 4.78 is 0. The van der Waals surface area contributed by atoms with Crippen LogP contribution in [0.2, 0.25) is 0 Å². The zero-order chi connectivity index (χ0) is 13.8. The normalized spacial score (nSPS) is 22.9. The monoisotopic (exact) mass is 286 g/mol. The molecule has 0 aliphatic heterocycles. The summed E-state index contributed by atoms with van der Waals surface area (Å²) in [5, 5.41) is 5.93. The third-order valence-corrected chi connectivity index (χ3v) is 5.03. The predicted molar refractivity (Wildman–Crippen MR) is 86.8 cm³/mol. The van der Waals surface area contributed by atoms with Crippen molar-refractivity contribution >= 4 is 11.3 Å². The Morgan fingerprint density at radius 2 is 1.80 bits per heavy atom. The fourth-order valence-electron chi connectivity index (χ4n) is 2.82. The summed E-state index contributed by atoms with van der Waals surface area (Å²) >= 11 is 1.85. The zero-order valence-electron chi connectivity index (χ0n) is 11.7. The van der Waals surface area contributed by atoms with Gasteiger partial charge in [0.2, 0.25) is 0 Å². The number of thiophene rings is 1. The fraction of sp³-hybridized carbons (Fsp3) is 0.412. The van der Waals surface area contributed by atoms with Gasteiger partial charge in [0.05, 0.1) is 0 Å². The summed E-state index contributed by atoms with van der Waals surface area (Å²) in [7, 11) is 0. The Morgan fingerprint density at radius 1 is 1.05 bits per heavy atom. The molecule has 1 aromatic carbocycles. The van der Waals surface area contributed by atoms with Gasteiger partial charge in [0.1, 0.15) is 0 Å². The molecule has 0 spiro atoms. The minimum absolute atomic E-state index is 0.430. The Bertz CT molecular complexity index is 527. The molecule has 3 heteroatoms. The van der Waals surface area contributed by atoms with Gasteiger partial charge < -0.3 is 11.1 Å². The van der Waals surface area contributed by atoms with Crippen molar-refractivity contribution in [3.63, 3.8) is 0 Å². The molecule has 1 aliphatic carbocycles. The van der Waals surface area contributed by atoms with Crippen molar-refractivity contribution in [3.05, 3.63) is 46.7 Å². The molecule has 0 atom stereocenters. The van der Waals surface area contributed by atoms with Crippen LogP contribution in [0.4, 0.5) is 0 Å². The lowest BCUT2D eigenvalue weighted by Crippen LogP contribution is -2.36. The number of nitrogens with two attached hydrogens (primary N) is 1. The van der Waals surface area contributed by atoms with Crippen molar-refractivity contribution < 1.29 is 0 Å². The van der Waals surface area contributed by atoms with E-state index in [2.05, 4.69) is 47.1 Å². The molecule has 1 heterocycles. The largest absolute Gasteiger partial charge is 0.328 e. The van der Waals surface area contributed by atoms with Crippen molar-refractivity contribution in [1.82, 2.24) is 5.32 Å². The summed E-state index contributed by atoms with van der Waals surface area (Å²) in [5.41, 5.74) is 8.58. The molecule has 0 amide bonds. The lowest BCUT2D eigenvalue weighted by atomic mass is 9.92. The molecular formula is C17H22N2S. The van der Waals surface area contributed by atoms with Gasteiger partial charge in [-0.15, -0.1) is 11.3 Å². The van der Waals surface area contributed by atoms with Crippen LogP contribution >= 0.6 is 11.3 Å². The second-order valence-corrected chi connectivity index (χ2v) is 6.66. The Balaban J connectivity index is 1.55. The van der Waals surface area contributed by atoms with Crippen LogP contribution in [0.5, 0.6) is 0 Å². The first kappa shape index (κ1) is 13.8. The number of nitrogens with one attached hydrogen (secondary N) is 1. The van der Waals surface area contributed by atoms with Gasteiger partial charge in [-0.25, -0.2) is 0 Å². The lowest BCUT2D eigenvalue weighted by molar-refractivity contribution is 0.342. The maximum Gasteiger partial charge on any atom is 0.0302 e. The van der Waals surface area contributed by atoms with Gasteiger partial charge in [-0.1, -0.05) is 30.3 Å². The first-order chi connectivity index (χ1) is 9.81. The molecule has 1 fully saturated rings. The van der Waals surface area contributed by atoms with Gasteiger partial charge >= 0.3 is 0 Å². The first-order valence-electron chi connectivity index (χ1n) is 7.43. The third kappa shape index (κ3) is 3.48. The molecule has 3 N–H and O–H groups in total. The molecule has 0 radical (unpaired) electrons. The van der Waals surface area contributed by atoms with E-state index in [1.165, 1.54) is 28.8 Å². The van der Waals surface area contributed by atoms with Crippen molar-refractivity contribution in [1.29, 1.82) is 0 Å². The molecule has 1 aliphatic rings. The molecule has 0 bridgehead atoms. The second kappa shape index (κ2) is 6.53. The summed E-state index contributed by atoms with van der Waals surface area (Å²) in [4.78, 5) is 1.42. The molecule has 106 valence electrons. The van der Waals surface area contributed by atoms with Crippen LogP contribution in [0.1, 0.15) is 30.6 Å². The Morgan fingerprint density at radius 3 is 2.55 bits per heavy atom. The molecule has 1 aromatic heterocycles. The summed E-state index contributed by atoms with van der Waals surface area (Å²) in [6.45, 7) is 0.984. The summed E-state index contributed by atoms with van der Waals surface area (Å²) in [6.07, 6.45) is 4.77. The van der Waals surface area contributed by atoms with E-state index in [9.17, 15) is 0 Å². The number of hydrogen-bond donors (Lipinski definition) is 2. The average Bonchev–Trinajstić information content (AvgIpc) is 2.97. The first-order valence-corrected chi connectivity index (χ1v) is 8.31. The van der Waals surface area contributed by atoms with Crippen LogP contribution in [0.15, 0.2) is 41.8 Å². The van der Waals surface area contributed by atoms with Crippen LogP contribution in [0.25, 0.3) is 11.1 Å². The quantitative estimate of drug-likeness (QED) is 0.898. The molecule has 1 saturated carbocycles. The molecule has 2 nitrogen and oxygen atoms in total. The topological polar surface area (TPSA) is 38.0 Å². The SMILES string of the molecule is NC1CCC(NCc2cc(-c3ccccc3)cs2)CC1. The van der Waals surface area contributed by atoms with E-state index in [-0.39, 0.29) is 0 Å². The lowest BCUT2D eigenvalue weighted by Gasteiger charge is -2.26. The van der Waals surface area contributed by atoms with Crippen molar-refractivity contribution in [2.45, 2.75) is 44.3 Å². The average molecular weight is 286 g/mol. The predicted octanol–water partition coefficient (Wildman–Crippen LogP) is 3.77. The second-order valence-electron chi connectivity index (χ2n) is 5.66. The van der Waals surface area contributed by atoms with Crippen LogP contribution in [-0.2, 0) is 6.54 Å². The van der Waals surface area contributed by atoms with E-state index >= 15 is 0 Å². The van der Waals surface area contributed by atoms with Crippen molar-refractivity contribution in [2.24, 2.45) is 5.73 Å².